The van der Waals surface area contributed by atoms with Crippen molar-refractivity contribution in [3.8, 4) is 11.5 Å². The van der Waals surface area contributed by atoms with Crippen molar-refractivity contribution < 1.29 is 14.0 Å². The van der Waals surface area contributed by atoms with Crippen molar-refractivity contribution in [2.75, 3.05) is 5.32 Å². The molecule has 0 fully saturated rings. The summed E-state index contributed by atoms with van der Waals surface area (Å²) in [4.78, 5) is 38.3. The van der Waals surface area contributed by atoms with Crippen molar-refractivity contribution >= 4 is 28.2 Å². The van der Waals surface area contributed by atoms with Gasteiger partial charge in [0.1, 0.15) is 10.6 Å². The normalized spacial score (nSPS) is 10.6. The minimum Gasteiger partial charge on any atom is -0.463 e. The molecule has 7 nitrogen and oxygen atoms in total. The molecule has 4 heterocycles. The third-order valence-corrected chi connectivity index (χ3v) is 4.89. The van der Waals surface area contributed by atoms with Crippen molar-refractivity contribution in [2.45, 2.75) is 6.92 Å². The van der Waals surface area contributed by atoms with Crippen LogP contribution in [0.15, 0.2) is 65.7 Å². The molecule has 4 aromatic rings. The molecule has 138 valence electrons. The van der Waals surface area contributed by atoms with Crippen molar-refractivity contribution in [1.82, 2.24) is 15.0 Å². The van der Waals surface area contributed by atoms with E-state index in [1.165, 1.54) is 24.9 Å². The molecule has 8 heteroatoms. The third-order valence-electron chi connectivity index (χ3n) is 3.92. The van der Waals surface area contributed by atoms with Gasteiger partial charge in [0, 0.05) is 35.4 Å². The van der Waals surface area contributed by atoms with Gasteiger partial charge in [-0.05, 0) is 43.3 Å². The number of hydrogen-bond acceptors (Lipinski definition) is 7. The van der Waals surface area contributed by atoms with Gasteiger partial charge in [0.05, 0.1) is 6.26 Å². The Morgan fingerprint density at radius 2 is 1.89 bits per heavy atom. The summed E-state index contributed by atoms with van der Waals surface area (Å²) in [5, 5.41) is 3.03. The predicted molar refractivity (Wildman–Crippen MR) is 104 cm³/mol. The van der Waals surface area contributed by atoms with Crippen LogP contribution >= 0.6 is 11.3 Å². The minimum atomic E-state index is -0.335. The van der Waals surface area contributed by atoms with Crippen LogP contribution in [0.25, 0.3) is 11.5 Å². The molecule has 0 aromatic carbocycles. The molecule has 0 aliphatic heterocycles. The Morgan fingerprint density at radius 3 is 2.57 bits per heavy atom. The highest BCUT2D eigenvalue weighted by molar-refractivity contribution is 7.18. The Bertz CT molecular complexity index is 1120. The van der Waals surface area contributed by atoms with Crippen LogP contribution in [0, 0.1) is 6.92 Å². The second kappa shape index (κ2) is 7.53. The molecule has 0 aliphatic rings. The first-order valence-electron chi connectivity index (χ1n) is 8.35. The lowest BCUT2D eigenvalue weighted by atomic mass is 10.1. The number of pyridine rings is 2. The summed E-state index contributed by atoms with van der Waals surface area (Å²) < 4.78 is 5.42. The molecule has 0 unspecified atom stereocenters. The quantitative estimate of drug-likeness (QED) is 0.518. The standard InChI is InChI=1S/C20H14N4O3S/c1-12-4-5-14(11-22-12)17(25)18-16(15-3-2-10-27-15)23-20(28-18)24-19(26)13-6-8-21-9-7-13/h2-11H,1H3,(H,23,24,26). The number of furan rings is 1. The van der Waals surface area contributed by atoms with E-state index in [2.05, 4.69) is 20.3 Å². The fraction of sp³-hybridized carbons (Fsp3) is 0.0500. The van der Waals surface area contributed by atoms with Crippen molar-refractivity contribution in [1.29, 1.82) is 0 Å². The van der Waals surface area contributed by atoms with E-state index < -0.39 is 0 Å². The molecule has 0 atom stereocenters. The first-order valence-corrected chi connectivity index (χ1v) is 9.17. The van der Waals surface area contributed by atoms with E-state index in [0.717, 1.165) is 17.0 Å². The van der Waals surface area contributed by atoms with Gasteiger partial charge in [0.25, 0.3) is 5.91 Å². The van der Waals surface area contributed by atoms with E-state index >= 15 is 0 Å². The van der Waals surface area contributed by atoms with E-state index in [1.807, 2.05) is 6.92 Å². The molecule has 4 rings (SSSR count). The molecule has 0 bridgehead atoms. The molecule has 0 saturated heterocycles. The molecule has 0 spiro atoms. The lowest BCUT2D eigenvalue weighted by molar-refractivity contribution is 0.102. The van der Waals surface area contributed by atoms with Crippen LogP contribution < -0.4 is 5.32 Å². The van der Waals surface area contributed by atoms with Gasteiger partial charge in [0.2, 0.25) is 5.78 Å². The number of carbonyl (C=O) groups excluding carboxylic acids is 2. The van der Waals surface area contributed by atoms with Crippen LogP contribution in [0.3, 0.4) is 0 Å². The maximum absolute atomic E-state index is 13.0. The van der Waals surface area contributed by atoms with E-state index in [-0.39, 0.29) is 11.7 Å². The van der Waals surface area contributed by atoms with E-state index in [9.17, 15) is 9.59 Å². The van der Waals surface area contributed by atoms with Crippen LogP contribution in [0.4, 0.5) is 5.13 Å². The highest BCUT2D eigenvalue weighted by Crippen LogP contribution is 2.33. The Hall–Kier alpha value is -3.65. The summed E-state index contributed by atoms with van der Waals surface area (Å²) in [5.74, 6) is -0.122. The Balaban J connectivity index is 1.70. The first kappa shape index (κ1) is 17.7. The van der Waals surface area contributed by atoms with Gasteiger partial charge in [-0.2, -0.15) is 0 Å². The summed E-state index contributed by atoms with van der Waals surface area (Å²) in [6.07, 6.45) is 6.10. The zero-order chi connectivity index (χ0) is 19.5. The first-order chi connectivity index (χ1) is 13.6. The number of amides is 1. The van der Waals surface area contributed by atoms with Gasteiger partial charge < -0.3 is 4.42 Å². The topological polar surface area (TPSA) is 98.0 Å². The van der Waals surface area contributed by atoms with Gasteiger partial charge in [-0.1, -0.05) is 11.3 Å². The monoisotopic (exact) mass is 390 g/mol. The maximum atomic E-state index is 13.0. The number of anilines is 1. The lowest BCUT2D eigenvalue weighted by Crippen LogP contribution is -2.11. The number of nitrogens with zero attached hydrogens (tertiary/aromatic N) is 3. The largest absolute Gasteiger partial charge is 0.463 e. The molecule has 0 radical (unpaired) electrons. The summed E-state index contributed by atoms with van der Waals surface area (Å²) >= 11 is 1.09. The Morgan fingerprint density at radius 1 is 1.07 bits per heavy atom. The number of aromatic nitrogens is 3. The fourth-order valence-electron chi connectivity index (χ4n) is 2.51. The zero-order valence-electron chi connectivity index (χ0n) is 14.7. The number of hydrogen-bond donors (Lipinski definition) is 1. The smallest absolute Gasteiger partial charge is 0.257 e. The zero-order valence-corrected chi connectivity index (χ0v) is 15.6. The number of ketones is 1. The number of thiazole rings is 1. The lowest BCUT2D eigenvalue weighted by Gasteiger charge is -2.00. The highest BCUT2D eigenvalue weighted by atomic mass is 32.1. The van der Waals surface area contributed by atoms with Gasteiger partial charge in [-0.15, -0.1) is 0 Å². The molecule has 1 amide bonds. The number of aryl methyl sites for hydroxylation is 1. The third kappa shape index (κ3) is 3.58. The molecule has 0 aliphatic carbocycles. The molecule has 1 N–H and O–H groups in total. The second-order valence-corrected chi connectivity index (χ2v) is 6.88. The van der Waals surface area contributed by atoms with Crippen LogP contribution in [0.5, 0.6) is 0 Å². The van der Waals surface area contributed by atoms with E-state index in [1.54, 1.807) is 36.4 Å². The molecule has 0 saturated carbocycles. The average Bonchev–Trinajstić information content (AvgIpc) is 3.38. The van der Waals surface area contributed by atoms with E-state index in [0.29, 0.717) is 32.6 Å². The van der Waals surface area contributed by atoms with E-state index in [4.69, 9.17) is 4.42 Å². The molecule has 4 aromatic heterocycles. The van der Waals surface area contributed by atoms with Crippen LogP contribution in [0.1, 0.15) is 31.3 Å². The van der Waals surface area contributed by atoms with Crippen molar-refractivity contribution in [3.05, 3.63) is 82.9 Å². The maximum Gasteiger partial charge on any atom is 0.257 e. The van der Waals surface area contributed by atoms with Crippen molar-refractivity contribution in [3.63, 3.8) is 0 Å². The minimum absolute atomic E-state index is 0.235. The SMILES string of the molecule is Cc1ccc(C(=O)c2sc(NC(=O)c3ccncc3)nc2-c2ccco2)cn1. The van der Waals surface area contributed by atoms with Gasteiger partial charge in [0.15, 0.2) is 10.9 Å². The van der Waals surface area contributed by atoms with Crippen LogP contribution in [-0.2, 0) is 0 Å². The fourth-order valence-corrected chi connectivity index (χ4v) is 3.44. The van der Waals surface area contributed by atoms with Crippen LogP contribution in [0.2, 0.25) is 0 Å². The summed E-state index contributed by atoms with van der Waals surface area (Å²) in [5.41, 5.74) is 2.08. The molecular formula is C20H14N4O3S. The summed E-state index contributed by atoms with van der Waals surface area (Å²) in [6, 6.07) is 10.1. The number of carbonyl (C=O) groups is 2. The Kier molecular flexibility index (Phi) is 4.77. The highest BCUT2D eigenvalue weighted by Gasteiger charge is 2.23. The number of rotatable bonds is 5. The molecule has 28 heavy (non-hydrogen) atoms. The van der Waals surface area contributed by atoms with Gasteiger partial charge in [-0.25, -0.2) is 4.98 Å². The van der Waals surface area contributed by atoms with Crippen molar-refractivity contribution in [2.24, 2.45) is 0 Å². The summed E-state index contributed by atoms with van der Waals surface area (Å²) in [7, 11) is 0. The van der Waals surface area contributed by atoms with Crippen LogP contribution in [-0.4, -0.2) is 26.6 Å². The summed E-state index contributed by atoms with van der Waals surface area (Å²) in [6.45, 7) is 1.85. The van der Waals surface area contributed by atoms with Gasteiger partial charge in [-0.3, -0.25) is 24.9 Å². The second-order valence-electron chi connectivity index (χ2n) is 5.88. The average molecular weight is 390 g/mol. The Labute approximate surface area is 164 Å². The molecular weight excluding hydrogens is 376 g/mol. The number of nitrogens with one attached hydrogen (secondary N) is 1. The van der Waals surface area contributed by atoms with Gasteiger partial charge >= 0.3 is 0 Å². The predicted octanol–water partition coefficient (Wildman–Crippen LogP) is 3.98.